The highest BCUT2D eigenvalue weighted by Gasteiger charge is 2.13. The number of carbonyl (C=O) groups is 5. The lowest BCUT2D eigenvalue weighted by Crippen LogP contribution is -2.44. The monoisotopic (exact) mass is 457 g/mol. The lowest BCUT2D eigenvalue weighted by molar-refractivity contribution is -0.130. The van der Waals surface area contributed by atoms with Crippen LogP contribution in [0.1, 0.15) is 27.2 Å². The molecule has 1 rings (SSSR count). The van der Waals surface area contributed by atoms with E-state index in [1.165, 1.54) is 6.92 Å². The Morgan fingerprint density at radius 2 is 1.16 bits per heavy atom. The molecule has 0 aliphatic carbocycles. The Bertz CT molecular complexity index is 587. The Hall–Kier alpha value is -2.73. The quantitative estimate of drug-likeness (QED) is 0.288. The Balaban J connectivity index is 0.00000961. The molecule has 5 amide bonds. The molecule has 12 heteroatoms. The molecule has 0 radical (unpaired) electrons. The van der Waals surface area contributed by atoms with Crippen LogP contribution in [0.2, 0.25) is 0 Å². The van der Waals surface area contributed by atoms with Crippen molar-refractivity contribution in [2.45, 2.75) is 27.2 Å². The summed E-state index contributed by atoms with van der Waals surface area (Å²) in [6, 6.07) is 0. The predicted molar refractivity (Wildman–Crippen MR) is 121 cm³/mol. The first-order valence-corrected chi connectivity index (χ1v) is 10.5. The molecule has 32 heavy (non-hydrogen) atoms. The second kappa shape index (κ2) is 16.9. The highest BCUT2D eigenvalue weighted by atomic mass is 16.2. The van der Waals surface area contributed by atoms with Gasteiger partial charge in [-0.1, -0.05) is 7.43 Å². The van der Waals surface area contributed by atoms with E-state index in [9.17, 15) is 24.0 Å². The van der Waals surface area contributed by atoms with Gasteiger partial charge in [-0.15, -0.1) is 0 Å². The minimum Gasteiger partial charge on any atom is -0.355 e. The van der Waals surface area contributed by atoms with Gasteiger partial charge >= 0.3 is 0 Å². The Morgan fingerprint density at radius 1 is 0.781 bits per heavy atom. The second-order valence-electron chi connectivity index (χ2n) is 7.38. The summed E-state index contributed by atoms with van der Waals surface area (Å²) in [5.74, 6) is -1.56. The van der Waals surface area contributed by atoms with Crippen molar-refractivity contribution in [3.8, 4) is 0 Å². The van der Waals surface area contributed by atoms with Gasteiger partial charge in [-0.3, -0.25) is 28.9 Å². The summed E-state index contributed by atoms with van der Waals surface area (Å²) in [6.07, 6.45) is -0.497. The molecule has 1 heterocycles. The summed E-state index contributed by atoms with van der Waals surface area (Å²) < 4.78 is 0. The largest absolute Gasteiger partial charge is 0.355 e. The van der Waals surface area contributed by atoms with Crippen LogP contribution < -0.4 is 26.6 Å². The van der Waals surface area contributed by atoms with E-state index in [1.54, 1.807) is 0 Å². The molecule has 0 aromatic carbocycles. The number of nitrogens with zero attached hydrogens (tertiary/aromatic N) is 2. The van der Waals surface area contributed by atoms with E-state index in [0.717, 1.165) is 0 Å². The molecule has 5 N–H and O–H groups in total. The molecular weight excluding hydrogens is 418 g/mol. The zero-order chi connectivity index (χ0) is 23.1. The molecule has 12 nitrogen and oxygen atoms in total. The van der Waals surface area contributed by atoms with Gasteiger partial charge in [-0.05, 0) is 7.05 Å². The maximum absolute atomic E-state index is 12.0. The van der Waals surface area contributed by atoms with Crippen molar-refractivity contribution in [1.29, 1.82) is 0 Å². The Morgan fingerprint density at radius 3 is 1.53 bits per heavy atom. The number of likely N-dealkylation sites (N-methyl/N-ethyl adjacent to an activating group) is 1. The van der Waals surface area contributed by atoms with Gasteiger partial charge in [0, 0.05) is 72.4 Å². The van der Waals surface area contributed by atoms with Crippen LogP contribution >= 0.6 is 0 Å². The standard InChI is InChI=1S/C19H35N7O5.CH4/c1-15(27)20-5-10-26-11-6-23-18(30)13-16(28)21-3-8-25(2)9-4-22-17(29)14-19(31)24-7-12-26;/h3-14H2,1-2H3,(H,20,27)(H,21,28)(H,22,29)(H,23,30)(H,24,31);1H4. The summed E-state index contributed by atoms with van der Waals surface area (Å²) in [5.41, 5.74) is 0. The van der Waals surface area contributed by atoms with E-state index in [1.807, 2.05) is 16.8 Å². The van der Waals surface area contributed by atoms with Gasteiger partial charge in [0.15, 0.2) is 0 Å². The van der Waals surface area contributed by atoms with Crippen LogP contribution in [0.5, 0.6) is 0 Å². The molecule has 1 aliphatic heterocycles. The number of hydrogen-bond donors (Lipinski definition) is 5. The number of carbonyl (C=O) groups excluding carboxylic acids is 5. The fourth-order valence-electron chi connectivity index (χ4n) is 2.86. The molecule has 0 atom stereocenters. The van der Waals surface area contributed by atoms with Gasteiger partial charge in [0.25, 0.3) is 0 Å². The van der Waals surface area contributed by atoms with Crippen molar-refractivity contribution < 1.29 is 24.0 Å². The van der Waals surface area contributed by atoms with E-state index < -0.39 is 0 Å². The molecule has 0 aromatic heterocycles. The second-order valence-corrected chi connectivity index (χ2v) is 7.38. The van der Waals surface area contributed by atoms with Crippen molar-refractivity contribution in [2.75, 3.05) is 72.5 Å². The normalized spacial score (nSPS) is 19.4. The maximum atomic E-state index is 12.0. The molecular formula is C20H39N7O5. The van der Waals surface area contributed by atoms with Crippen LogP contribution in [0.15, 0.2) is 0 Å². The first-order chi connectivity index (χ1) is 14.8. The van der Waals surface area contributed by atoms with Crippen molar-refractivity contribution >= 4 is 29.5 Å². The van der Waals surface area contributed by atoms with E-state index in [0.29, 0.717) is 65.4 Å². The number of nitrogens with one attached hydrogen (secondary N) is 5. The third-order valence-corrected chi connectivity index (χ3v) is 4.58. The molecule has 184 valence electrons. The SMILES string of the molecule is C.CC(=O)NCCN1CCNC(=O)CC(=O)NCCN(C)CCNC(=O)CC(=O)NCC1. The van der Waals surface area contributed by atoms with Gasteiger partial charge < -0.3 is 31.5 Å². The van der Waals surface area contributed by atoms with Crippen molar-refractivity contribution in [2.24, 2.45) is 0 Å². The van der Waals surface area contributed by atoms with Gasteiger partial charge in [-0.25, -0.2) is 0 Å². The summed E-state index contributed by atoms with van der Waals surface area (Å²) in [4.78, 5) is 62.6. The summed E-state index contributed by atoms with van der Waals surface area (Å²) in [7, 11) is 1.85. The lowest BCUT2D eigenvalue weighted by atomic mass is 10.3. The van der Waals surface area contributed by atoms with Crippen molar-refractivity contribution in [3.05, 3.63) is 0 Å². The molecule has 0 bridgehead atoms. The Labute approximate surface area is 190 Å². The van der Waals surface area contributed by atoms with Crippen LogP contribution in [0, 0.1) is 0 Å². The fraction of sp³-hybridized carbons (Fsp3) is 0.750. The summed E-state index contributed by atoms with van der Waals surface area (Å²) in [5, 5.41) is 13.5. The predicted octanol–water partition coefficient (Wildman–Crippen LogP) is -2.75. The first kappa shape index (κ1) is 29.3. The van der Waals surface area contributed by atoms with Crippen LogP contribution in [-0.2, 0) is 24.0 Å². The van der Waals surface area contributed by atoms with E-state index >= 15 is 0 Å². The third kappa shape index (κ3) is 15.1. The van der Waals surface area contributed by atoms with E-state index in [-0.39, 0.29) is 49.8 Å². The van der Waals surface area contributed by atoms with E-state index in [4.69, 9.17) is 0 Å². The lowest BCUT2D eigenvalue weighted by Gasteiger charge is -2.23. The van der Waals surface area contributed by atoms with Crippen molar-refractivity contribution in [3.63, 3.8) is 0 Å². The highest BCUT2D eigenvalue weighted by Crippen LogP contribution is 1.89. The molecule has 0 spiro atoms. The number of amides is 5. The number of hydrogen-bond acceptors (Lipinski definition) is 7. The summed E-state index contributed by atoms with van der Waals surface area (Å²) in [6.45, 7) is 5.89. The molecule has 1 saturated heterocycles. The van der Waals surface area contributed by atoms with Crippen molar-refractivity contribution in [1.82, 2.24) is 36.4 Å². The van der Waals surface area contributed by atoms with Crippen LogP contribution in [0.4, 0.5) is 0 Å². The third-order valence-electron chi connectivity index (χ3n) is 4.58. The van der Waals surface area contributed by atoms with Gasteiger partial charge in [0.2, 0.25) is 29.5 Å². The first-order valence-electron chi connectivity index (χ1n) is 10.5. The molecule has 1 aliphatic rings. The molecule has 0 unspecified atom stereocenters. The molecule has 0 aromatic rings. The average Bonchev–Trinajstić information content (AvgIpc) is 2.66. The van der Waals surface area contributed by atoms with Gasteiger partial charge in [0.1, 0.15) is 12.8 Å². The van der Waals surface area contributed by atoms with Gasteiger partial charge in [0.05, 0.1) is 0 Å². The van der Waals surface area contributed by atoms with Crippen LogP contribution in [-0.4, -0.2) is 112 Å². The molecule has 0 saturated carbocycles. The highest BCUT2D eigenvalue weighted by molar-refractivity contribution is 5.97. The topological polar surface area (TPSA) is 152 Å². The zero-order valence-electron chi connectivity index (χ0n) is 18.4. The summed E-state index contributed by atoms with van der Waals surface area (Å²) >= 11 is 0. The Kier molecular flexibility index (Phi) is 15.5. The van der Waals surface area contributed by atoms with Gasteiger partial charge in [-0.2, -0.15) is 0 Å². The molecule has 1 fully saturated rings. The minimum absolute atomic E-state index is 0. The minimum atomic E-state index is -0.363. The number of rotatable bonds is 3. The van der Waals surface area contributed by atoms with Crippen LogP contribution in [0.25, 0.3) is 0 Å². The fourth-order valence-corrected chi connectivity index (χ4v) is 2.86. The maximum Gasteiger partial charge on any atom is 0.229 e. The van der Waals surface area contributed by atoms with E-state index in [2.05, 4.69) is 26.6 Å². The average molecular weight is 458 g/mol. The smallest absolute Gasteiger partial charge is 0.229 e. The zero-order valence-corrected chi connectivity index (χ0v) is 18.4. The van der Waals surface area contributed by atoms with Crippen LogP contribution in [0.3, 0.4) is 0 Å².